The van der Waals surface area contributed by atoms with Crippen LogP contribution in [0.4, 0.5) is 0 Å². The Hall–Kier alpha value is -3.42. The van der Waals surface area contributed by atoms with Gasteiger partial charge in [-0.2, -0.15) is 0 Å². The Kier molecular flexibility index (Phi) is 13.8. The Bertz CT molecular complexity index is 725. The number of nitrogens with one attached hydrogen (secondary N) is 3. The number of nitrogens with two attached hydrogens (primary N) is 3. The number of hydrogen-bond acceptors (Lipinski definition) is 7. The number of aliphatic carboxylic acids is 2. The third kappa shape index (κ3) is 12.9. The van der Waals surface area contributed by atoms with E-state index in [2.05, 4.69) is 20.9 Å². The van der Waals surface area contributed by atoms with E-state index in [1.807, 2.05) is 0 Å². The van der Waals surface area contributed by atoms with E-state index >= 15 is 0 Å². The summed E-state index contributed by atoms with van der Waals surface area (Å²) in [7, 11) is 0. The number of aliphatic imine (C=N–C) groups is 1. The Labute approximate surface area is 191 Å². The van der Waals surface area contributed by atoms with Crippen molar-refractivity contribution in [1.29, 1.82) is 0 Å². The van der Waals surface area contributed by atoms with Gasteiger partial charge in [0, 0.05) is 13.0 Å². The fourth-order valence-electron chi connectivity index (χ4n) is 2.67. The van der Waals surface area contributed by atoms with Crippen molar-refractivity contribution >= 4 is 35.6 Å². The molecule has 0 aliphatic heterocycles. The van der Waals surface area contributed by atoms with Gasteiger partial charge in [0.1, 0.15) is 12.1 Å². The van der Waals surface area contributed by atoms with Gasteiger partial charge in [-0.25, -0.2) is 4.79 Å². The van der Waals surface area contributed by atoms with E-state index in [1.54, 1.807) is 13.8 Å². The van der Waals surface area contributed by atoms with Crippen LogP contribution in [-0.2, 0) is 24.0 Å². The van der Waals surface area contributed by atoms with Crippen molar-refractivity contribution < 1.29 is 34.2 Å². The van der Waals surface area contributed by atoms with Gasteiger partial charge in [-0.3, -0.25) is 24.2 Å². The van der Waals surface area contributed by atoms with Crippen molar-refractivity contribution in [2.75, 3.05) is 13.1 Å². The topological polar surface area (TPSA) is 252 Å². The van der Waals surface area contributed by atoms with Crippen molar-refractivity contribution in [3.63, 3.8) is 0 Å². The molecule has 0 saturated heterocycles. The summed E-state index contributed by atoms with van der Waals surface area (Å²) in [6.07, 6.45) is 0.475. The molecule has 0 radical (unpaired) electrons. The number of carbonyl (C=O) groups is 5. The van der Waals surface area contributed by atoms with Crippen molar-refractivity contribution in [3.8, 4) is 0 Å². The lowest BCUT2D eigenvalue weighted by Crippen LogP contribution is -2.55. The molecule has 11 N–H and O–H groups in total. The summed E-state index contributed by atoms with van der Waals surface area (Å²) in [5.74, 6) is -5.12. The van der Waals surface area contributed by atoms with E-state index in [9.17, 15) is 29.1 Å². The van der Waals surface area contributed by atoms with Crippen LogP contribution in [0, 0.1) is 5.92 Å². The standard InChI is InChI=1S/C19H35N7O7/c1-3-10(2)15(18(32)33)26-17(31)12(6-7-14(28)29)25-13(27)9-24-16(30)11(20)5-4-8-23-19(21)22/h10-12,15H,3-9,20H2,1-2H3,(H,24,30)(H,25,27)(H,26,31)(H,28,29)(H,32,33)(H4,21,22,23). The van der Waals surface area contributed by atoms with Crippen LogP contribution >= 0.6 is 0 Å². The minimum atomic E-state index is -1.30. The highest BCUT2D eigenvalue weighted by molar-refractivity contribution is 5.92. The molecular formula is C19H35N7O7. The lowest BCUT2D eigenvalue weighted by atomic mass is 9.98. The van der Waals surface area contributed by atoms with Gasteiger partial charge in [0.2, 0.25) is 17.7 Å². The maximum Gasteiger partial charge on any atom is 0.326 e. The molecule has 0 heterocycles. The maximum atomic E-state index is 12.5. The zero-order valence-corrected chi connectivity index (χ0v) is 18.9. The van der Waals surface area contributed by atoms with Crippen molar-refractivity contribution in [2.24, 2.45) is 28.1 Å². The largest absolute Gasteiger partial charge is 0.481 e. The fourth-order valence-corrected chi connectivity index (χ4v) is 2.67. The van der Waals surface area contributed by atoms with Crippen LogP contribution < -0.4 is 33.2 Å². The van der Waals surface area contributed by atoms with Gasteiger partial charge in [0.05, 0.1) is 12.6 Å². The van der Waals surface area contributed by atoms with Crippen LogP contribution in [-0.4, -0.2) is 77.0 Å². The molecule has 0 bridgehead atoms. The van der Waals surface area contributed by atoms with E-state index in [-0.39, 0.29) is 25.3 Å². The van der Waals surface area contributed by atoms with Gasteiger partial charge in [0.25, 0.3) is 0 Å². The number of carboxylic acids is 2. The van der Waals surface area contributed by atoms with Crippen LogP contribution in [0.5, 0.6) is 0 Å². The van der Waals surface area contributed by atoms with Crippen LogP contribution in [0.3, 0.4) is 0 Å². The Morgan fingerprint density at radius 1 is 1.00 bits per heavy atom. The molecule has 0 rings (SSSR count). The fraction of sp³-hybridized carbons (Fsp3) is 0.684. The molecule has 4 atom stereocenters. The minimum Gasteiger partial charge on any atom is -0.481 e. The third-order valence-corrected chi connectivity index (χ3v) is 4.80. The average Bonchev–Trinajstić information content (AvgIpc) is 2.74. The smallest absolute Gasteiger partial charge is 0.326 e. The molecule has 0 aromatic heterocycles. The first-order chi connectivity index (χ1) is 15.4. The molecule has 3 amide bonds. The molecule has 14 heteroatoms. The number of rotatable bonds is 16. The molecule has 0 saturated carbocycles. The molecule has 14 nitrogen and oxygen atoms in total. The first-order valence-electron chi connectivity index (χ1n) is 10.5. The molecule has 188 valence electrons. The molecule has 0 aromatic rings. The van der Waals surface area contributed by atoms with Gasteiger partial charge in [0.15, 0.2) is 5.96 Å². The van der Waals surface area contributed by atoms with Gasteiger partial charge >= 0.3 is 11.9 Å². The molecule has 0 aliphatic carbocycles. The number of guanidine groups is 1. The summed E-state index contributed by atoms with van der Waals surface area (Å²) >= 11 is 0. The lowest BCUT2D eigenvalue weighted by Gasteiger charge is -2.24. The average molecular weight is 474 g/mol. The van der Waals surface area contributed by atoms with Crippen LogP contribution in [0.15, 0.2) is 4.99 Å². The molecule has 0 aromatic carbocycles. The normalized spacial score (nSPS) is 14.2. The third-order valence-electron chi connectivity index (χ3n) is 4.80. The van der Waals surface area contributed by atoms with Gasteiger partial charge in [-0.15, -0.1) is 0 Å². The Morgan fingerprint density at radius 3 is 2.15 bits per heavy atom. The second-order valence-corrected chi connectivity index (χ2v) is 7.54. The van der Waals surface area contributed by atoms with Crippen LogP contribution in [0.25, 0.3) is 0 Å². The second kappa shape index (κ2) is 15.4. The molecular weight excluding hydrogens is 438 g/mol. The van der Waals surface area contributed by atoms with Crippen LogP contribution in [0.1, 0.15) is 46.0 Å². The lowest BCUT2D eigenvalue weighted by molar-refractivity contribution is -0.144. The highest BCUT2D eigenvalue weighted by Gasteiger charge is 2.30. The predicted octanol–water partition coefficient (Wildman–Crippen LogP) is -2.55. The second-order valence-electron chi connectivity index (χ2n) is 7.54. The van der Waals surface area contributed by atoms with Gasteiger partial charge < -0.3 is 43.4 Å². The van der Waals surface area contributed by atoms with Crippen LogP contribution in [0.2, 0.25) is 0 Å². The van der Waals surface area contributed by atoms with E-state index < -0.39 is 66.7 Å². The predicted molar refractivity (Wildman–Crippen MR) is 119 cm³/mol. The molecule has 33 heavy (non-hydrogen) atoms. The zero-order valence-electron chi connectivity index (χ0n) is 18.9. The molecule has 0 fully saturated rings. The Balaban J connectivity index is 4.89. The van der Waals surface area contributed by atoms with Crippen molar-refractivity contribution in [2.45, 2.75) is 64.1 Å². The summed E-state index contributed by atoms with van der Waals surface area (Å²) in [6, 6.07) is -3.42. The first kappa shape index (κ1) is 29.6. The minimum absolute atomic E-state index is 0.0787. The Morgan fingerprint density at radius 2 is 1.64 bits per heavy atom. The van der Waals surface area contributed by atoms with E-state index in [0.29, 0.717) is 12.8 Å². The summed E-state index contributed by atoms with van der Waals surface area (Å²) in [5.41, 5.74) is 16.1. The number of carboxylic acid groups (broad SMARTS) is 2. The first-order valence-corrected chi connectivity index (χ1v) is 10.5. The van der Waals surface area contributed by atoms with Crippen molar-refractivity contribution in [3.05, 3.63) is 0 Å². The number of carbonyl (C=O) groups excluding carboxylic acids is 3. The summed E-state index contributed by atoms with van der Waals surface area (Å²) in [4.78, 5) is 62.9. The summed E-state index contributed by atoms with van der Waals surface area (Å²) in [5, 5.41) is 25.2. The monoisotopic (exact) mass is 473 g/mol. The quantitative estimate of drug-likeness (QED) is 0.0661. The van der Waals surface area contributed by atoms with Gasteiger partial charge in [-0.05, 0) is 25.2 Å². The highest BCUT2D eigenvalue weighted by Crippen LogP contribution is 2.09. The molecule has 4 unspecified atom stereocenters. The highest BCUT2D eigenvalue weighted by atomic mass is 16.4. The van der Waals surface area contributed by atoms with Crippen molar-refractivity contribution in [1.82, 2.24) is 16.0 Å². The molecule has 0 aliphatic rings. The molecule has 0 spiro atoms. The maximum absolute atomic E-state index is 12.5. The number of nitrogens with zero attached hydrogens (tertiary/aromatic N) is 1. The van der Waals surface area contributed by atoms with E-state index in [1.165, 1.54) is 0 Å². The zero-order chi connectivity index (χ0) is 25.6. The SMILES string of the molecule is CCC(C)C(NC(=O)C(CCC(=O)O)NC(=O)CNC(=O)C(N)CCCN=C(N)N)C(=O)O. The van der Waals surface area contributed by atoms with E-state index in [0.717, 1.165) is 0 Å². The number of hydrogen-bond donors (Lipinski definition) is 8. The summed E-state index contributed by atoms with van der Waals surface area (Å²) in [6.45, 7) is 3.17. The van der Waals surface area contributed by atoms with E-state index in [4.69, 9.17) is 22.3 Å². The number of amides is 3. The van der Waals surface area contributed by atoms with Gasteiger partial charge in [-0.1, -0.05) is 20.3 Å². The summed E-state index contributed by atoms with van der Waals surface area (Å²) < 4.78 is 0.